The molecule has 0 bridgehead atoms. The van der Waals surface area contributed by atoms with Crippen LogP contribution in [-0.4, -0.2) is 5.25 Å². The SMILES string of the molecule is CCCCCCCCCC(CC)Sc1ccccc1. The van der Waals surface area contributed by atoms with Crippen LogP contribution in [-0.2, 0) is 0 Å². The van der Waals surface area contributed by atoms with Gasteiger partial charge in [0.25, 0.3) is 0 Å². The Morgan fingerprint density at radius 3 is 2.11 bits per heavy atom. The standard InChI is InChI=1S/C18H30S/c1-3-5-6-7-8-9-11-14-17(4-2)19-18-15-12-10-13-16-18/h10,12-13,15-17H,3-9,11,14H2,1-2H3. The molecule has 0 aliphatic rings. The highest BCUT2D eigenvalue weighted by atomic mass is 32.2. The summed E-state index contributed by atoms with van der Waals surface area (Å²) in [6.45, 7) is 4.61. The van der Waals surface area contributed by atoms with Crippen LogP contribution in [0.2, 0.25) is 0 Å². The molecule has 19 heavy (non-hydrogen) atoms. The van der Waals surface area contributed by atoms with E-state index in [9.17, 15) is 0 Å². The zero-order valence-corrected chi connectivity index (χ0v) is 13.6. The Balaban J connectivity index is 2.09. The van der Waals surface area contributed by atoms with Crippen molar-refractivity contribution in [2.24, 2.45) is 0 Å². The minimum absolute atomic E-state index is 0.804. The summed E-state index contributed by atoms with van der Waals surface area (Å²) in [4.78, 5) is 1.43. The maximum Gasteiger partial charge on any atom is 0.00917 e. The number of benzene rings is 1. The first-order valence-electron chi connectivity index (χ1n) is 8.08. The smallest absolute Gasteiger partial charge is 0.00917 e. The van der Waals surface area contributed by atoms with Gasteiger partial charge in [-0.05, 0) is 25.0 Å². The average Bonchev–Trinajstić information content (AvgIpc) is 2.46. The van der Waals surface area contributed by atoms with Crippen LogP contribution < -0.4 is 0 Å². The van der Waals surface area contributed by atoms with Crippen molar-refractivity contribution < 1.29 is 0 Å². The van der Waals surface area contributed by atoms with Crippen molar-refractivity contribution in [2.45, 2.75) is 81.8 Å². The Hall–Kier alpha value is -0.430. The molecule has 0 spiro atoms. The molecule has 0 heterocycles. The summed E-state index contributed by atoms with van der Waals surface area (Å²) in [5, 5.41) is 0.804. The average molecular weight is 279 g/mol. The van der Waals surface area contributed by atoms with Crippen molar-refractivity contribution >= 4 is 11.8 Å². The lowest BCUT2D eigenvalue weighted by atomic mass is 10.1. The first-order valence-corrected chi connectivity index (χ1v) is 8.96. The predicted octanol–water partition coefficient (Wildman–Crippen LogP) is 6.70. The Morgan fingerprint density at radius 2 is 1.47 bits per heavy atom. The number of hydrogen-bond acceptors (Lipinski definition) is 1. The van der Waals surface area contributed by atoms with Crippen molar-refractivity contribution in [2.75, 3.05) is 0 Å². The molecular weight excluding hydrogens is 248 g/mol. The van der Waals surface area contributed by atoms with Gasteiger partial charge in [-0.25, -0.2) is 0 Å². The highest BCUT2D eigenvalue weighted by Crippen LogP contribution is 2.28. The second kappa shape index (κ2) is 11.4. The second-order valence-corrected chi connectivity index (χ2v) is 6.74. The zero-order chi connectivity index (χ0) is 13.8. The van der Waals surface area contributed by atoms with Crippen LogP contribution in [0.5, 0.6) is 0 Å². The third-order valence-corrected chi connectivity index (χ3v) is 5.08. The van der Waals surface area contributed by atoms with Gasteiger partial charge in [0, 0.05) is 10.1 Å². The Morgan fingerprint density at radius 1 is 0.842 bits per heavy atom. The number of thioether (sulfide) groups is 1. The van der Waals surface area contributed by atoms with Gasteiger partial charge in [0.2, 0.25) is 0 Å². The summed E-state index contributed by atoms with van der Waals surface area (Å²) in [6.07, 6.45) is 12.6. The van der Waals surface area contributed by atoms with E-state index >= 15 is 0 Å². The number of unbranched alkanes of at least 4 members (excludes halogenated alkanes) is 6. The van der Waals surface area contributed by atoms with E-state index in [1.165, 1.54) is 62.7 Å². The molecule has 0 aliphatic carbocycles. The van der Waals surface area contributed by atoms with Gasteiger partial charge in [0.05, 0.1) is 0 Å². The van der Waals surface area contributed by atoms with Gasteiger partial charge in [-0.15, -0.1) is 11.8 Å². The molecule has 1 unspecified atom stereocenters. The molecule has 0 nitrogen and oxygen atoms in total. The maximum absolute atomic E-state index is 2.32. The molecule has 0 fully saturated rings. The lowest BCUT2D eigenvalue weighted by Crippen LogP contribution is -2.00. The van der Waals surface area contributed by atoms with Crippen molar-refractivity contribution in [1.29, 1.82) is 0 Å². The third kappa shape index (κ3) is 8.36. The molecule has 0 aromatic heterocycles. The molecule has 1 aromatic carbocycles. The van der Waals surface area contributed by atoms with Crippen molar-refractivity contribution in [1.82, 2.24) is 0 Å². The minimum atomic E-state index is 0.804. The summed E-state index contributed by atoms with van der Waals surface area (Å²) < 4.78 is 0. The largest absolute Gasteiger partial charge is 0.123 e. The normalized spacial score (nSPS) is 12.5. The molecule has 1 atom stereocenters. The first kappa shape index (κ1) is 16.6. The van der Waals surface area contributed by atoms with Crippen molar-refractivity contribution in [3.05, 3.63) is 30.3 Å². The van der Waals surface area contributed by atoms with Crippen LogP contribution in [0.3, 0.4) is 0 Å². The summed E-state index contributed by atoms with van der Waals surface area (Å²) in [5.41, 5.74) is 0. The predicted molar refractivity (Wildman–Crippen MR) is 89.0 cm³/mol. The molecule has 0 saturated heterocycles. The Labute approximate surface area is 124 Å². The molecule has 0 aliphatic heterocycles. The van der Waals surface area contributed by atoms with Crippen molar-refractivity contribution in [3.8, 4) is 0 Å². The van der Waals surface area contributed by atoms with Crippen LogP contribution >= 0.6 is 11.8 Å². The Kier molecular flexibility index (Phi) is 9.98. The van der Waals surface area contributed by atoms with E-state index < -0.39 is 0 Å². The van der Waals surface area contributed by atoms with E-state index in [0.717, 1.165) is 5.25 Å². The lowest BCUT2D eigenvalue weighted by Gasteiger charge is -2.14. The second-order valence-electron chi connectivity index (χ2n) is 5.37. The quantitative estimate of drug-likeness (QED) is 0.320. The fourth-order valence-corrected chi connectivity index (χ4v) is 3.52. The molecular formula is C18H30S. The highest BCUT2D eigenvalue weighted by molar-refractivity contribution is 8.00. The van der Waals surface area contributed by atoms with Crippen LogP contribution in [0.1, 0.15) is 71.6 Å². The summed E-state index contributed by atoms with van der Waals surface area (Å²) in [5.74, 6) is 0. The zero-order valence-electron chi connectivity index (χ0n) is 12.7. The maximum atomic E-state index is 2.32. The highest BCUT2D eigenvalue weighted by Gasteiger charge is 2.07. The van der Waals surface area contributed by atoms with Gasteiger partial charge in [-0.1, -0.05) is 77.0 Å². The molecule has 1 heteroatoms. The third-order valence-electron chi connectivity index (χ3n) is 3.63. The Bertz CT molecular complexity index is 294. The topological polar surface area (TPSA) is 0 Å². The molecule has 1 rings (SSSR count). The van der Waals surface area contributed by atoms with Gasteiger partial charge in [-0.3, -0.25) is 0 Å². The van der Waals surface area contributed by atoms with Crippen LogP contribution in [0.4, 0.5) is 0 Å². The monoisotopic (exact) mass is 278 g/mol. The fraction of sp³-hybridized carbons (Fsp3) is 0.667. The van der Waals surface area contributed by atoms with Gasteiger partial charge in [0.1, 0.15) is 0 Å². The molecule has 0 radical (unpaired) electrons. The summed E-state index contributed by atoms with van der Waals surface area (Å²) in [7, 11) is 0. The van der Waals surface area contributed by atoms with Crippen LogP contribution in [0.15, 0.2) is 35.2 Å². The number of hydrogen-bond donors (Lipinski definition) is 0. The summed E-state index contributed by atoms with van der Waals surface area (Å²) in [6, 6.07) is 10.9. The van der Waals surface area contributed by atoms with Gasteiger partial charge in [-0.2, -0.15) is 0 Å². The molecule has 1 aromatic rings. The van der Waals surface area contributed by atoms with Crippen molar-refractivity contribution in [3.63, 3.8) is 0 Å². The van der Waals surface area contributed by atoms with E-state index in [2.05, 4.69) is 55.9 Å². The van der Waals surface area contributed by atoms with Gasteiger partial charge >= 0.3 is 0 Å². The number of rotatable bonds is 11. The van der Waals surface area contributed by atoms with E-state index in [1.807, 2.05) is 0 Å². The van der Waals surface area contributed by atoms with E-state index in [0.29, 0.717) is 0 Å². The minimum Gasteiger partial charge on any atom is -0.123 e. The molecule has 0 saturated carbocycles. The lowest BCUT2D eigenvalue weighted by molar-refractivity contribution is 0.566. The fourth-order valence-electron chi connectivity index (χ4n) is 2.37. The summed E-state index contributed by atoms with van der Waals surface area (Å²) >= 11 is 2.06. The van der Waals surface area contributed by atoms with Crippen LogP contribution in [0.25, 0.3) is 0 Å². The van der Waals surface area contributed by atoms with E-state index in [1.54, 1.807) is 0 Å². The molecule has 0 N–H and O–H groups in total. The molecule has 0 amide bonds. The van der Waals surface area contributed by atoms with Gasteiger partial charge in [0.15, 0.2) is 0 Å². The van der Waals surface area contributed by atoms with Crippen LogP contribution in [0, 0.1) is 0 Å². The van der Waals surface area contributed by atoms with E-state index in [-0.39, 0.29) is 0 Å². The van der Waals surface area contributed by atoms with Gasteiger partial charge < -0.3 is 0 Å². The van der Waals surface area contributed by atoms with E-state index in [4.69, 9.17) is 0 Å². The first-order chi connectivity index (χ1) is 9.36. The molecule has 108 valence electrons.